The molecule has 6 aromatic carbocycles. The molecule has 1 nitrogen and oxygen atoms in total. The summed E-state index contributed by atoms with van der Waals surface area (Å²) < 4.78 is 4.74. The second kappa shape index (κ2) is 10.5. The Balaban J connectivity index is 1.64. The maximum Gasteiger partial charge on any atom is 0.179 e. The van der Waals surface area contributed by atoms with Crippen molar-refractivity contribution in [3.63, 3.8) is 0 Å². The van der Waals surface area contributed by atoms with Crippen LogP contribution in [0.5, 0.6) is 0 Å². The van der Waals surface area contributed by atoms with E-state index in [4.69, 9.17) is 0 Å². The van der Waals surface area contributed by atoms with Gasteiger partial charge in [-0.1, -0.05) is 137 Å². The van der Waals surface area contributed by atoms with Gasteiger partial charge in [0, 0.05) is 18.8 Å². The largest absolute Gasteiger partial charge is 0.308 e. The molecular weight excluding hydrogens is 681 g/mol. The highest BCUT2D eigenvalue weighted by Gasteiger charge is 2.41. The van der Waals surface area contributed by atoms with Gasteiger partial charge in [0.1, 0.15) is 0 Å². The van der Waals surface area contributed by atoms with Crippen molar-refractivity contribution in [1.29, 1.82) is 0 Å². The summed E-state index contributed by atoms with van der Waals surface area (Å²) in [5.41, 5.74) is 3.64. The third kappa shape index (κ3) is 4.09. The minimum atomic E-state index is -2.64. The Morgan fingerprint density at radius 1 is 0.475 bits per heavy atom. The van der Waals surface area contributed by atoms with E-state index in [9.17, 15) is 0 Å². The molecule has 0 aliphatic heterocycles. The molecule has 40 heavy (non-hydrogen) atoms. The van der Waals surface area contributed by atoms with Gasteiger partial charge in [0.15, 0.2) is 8.07 Å². The lowest BCUT2D eigenvalue weighted by molar-refractivity contribution is 1.16. The summed E-state index contributed by atoms with van der Waals surface area (Å²) >= 11 is 6.20. The van der Waals surface area contributed by atoms with E-state index >= 15 is 0 Å². The second-order valence-corrected chi connectivity index (χ2v) is 15.9. The SMILES string of the molecule is Brc1ccc(I)c(-n2c3ccccc3c3ccc([Si](c4ccccc4)(c4ccccc4)c4ccccc4)cc32)c1. The molecule has 0 spiro atoms. The highest BCUT2D eigenvalue weighted by Crippen LogP contribution is 2.34. The first-order chi connectivity index (χ1) is 19.7. The van der Waals surface area contributed by atoms with E-state index < -0.39 is 8.07 Å². The number of aromatic nitrogens is 1. The lowest BCUT2D eigenvalue weighted by Crippen LogP contribution is -2.74. The van der Waals surface area contributed by atoms with Crippen molar-refractivity contribution in [3.8, 4) is 5.69 Å². The van der Waals surface area contributed by atoms with Crippen LogP contribution in [-0.2, 0) is 0 Å². The van der Waals surface area contributed by atoms with Gasteiger partial charge < -0.3 is 4.57 Å². The maximum atomic E-state index is 3.74. The highest BCUT2D eigenvalue weighted by molar-refractivity contribution is 14.1. The van der Waals surface area contributed by atoms with Crippen molar-refractivity contribution in [3.05, 3.63) is 160 Å². The molecule has 4 heteroatoms. The van der Waals surface area contributed by atoms with E-state index in [1.54, 1.807) is 0 Å². The highest BCUT2D eigenvalue weighted by atomic mass is 127. The van der Waals surface area contributed by atoms with Crippen LogP contribution in [0.2, 0.25) is 0 Å². The molecule has 7 rings (SSSR count). The van der Waals surface area contributed by atoms with Crippen LogP contribution in [0.4, 0.5) is 0 Å². The van der Waals surface area contributed by atoms with Gasteiger partial charge in [0.05, 0.1) is 16.7 Å². The lowest BCUT2D eigenvalue weighted by Gasteiger charge is -2.34. The minimum absolute atomic E-state index is 1.08. The standard InChI is InChI=1S/C36H25BrINSi/c37-26-20-23-33(38)36(24-26)39-34-19-11-10-18-31(34)32-22-21-30(25-35(32)39)40(27-12-4-1-5-13-27,28-14-6-2-7-15-28)29-16-8-3-9-17-29/h1-25H. The van der Waals surface area contributed by atoms with Gasteiger partial charge in [-0.05, 0) is 73.7 Å². The zero-order valence-electron chi connectivity index (χ0n) is 21.6. The van der Waals surface area contributed by atoms with Gasteiger partial charge >= 0.3 is 0 Å². The molecule has 0 saturated carbocycles. The molecule has 192 valence electrons. The van der Waals surface area contributed by atoms with Crippen LogP contribution >= 0.6 is 38.5 Å². The Bertz CT molecular complexity index is 1870. The van der Waals surface area contributed by atoms with Crippen molar-refractivity contribution in [2.45, 2.75) is 0 Å². The fourth-order valence-electron chi connectivity index (χ4n) is 6.18. The second-order valence-electron chi connectivity index (χ2n) is 10.0. The molecule has 0 unspecified atom stereocenters. The van der Waals surface area contributed by atoms with Crippen molar-refractivity contribution in [1.82, 2.24) is 4.57 Å². The maximum absolute atomic E-state index is 3.74. The first-order valence-corrected chi connectivity index (χ1v) is 17.2. The first-order valence-electron chi connectivity index (χ1n) is 13.3. The van der Waals surface area contributed by atoms with Crippen LogP contribution in [0.3, 0.4) is 0 Å². The van der Waals surface area contributed by atoms with Gasteiger partial charge in [0.25, 0.3) is 0 Å². The fourth-order valence-corrected chi connectivity index (χ4v) is 11.9. The van der Waals surface area contributed by atoms with Crippen LogP contribution in [0.25, 0.3) is 27.5 Å². The Kier molecular flexibility index (Phi) is 6.70. The Labute approximate surface area is 257 Å². The van der Waals surface area contributed by atoms with E-state index in [0.717, 1.165) is 4.47 Å². The third-order valence-corrected chi connectivity index (χ3v) is 14.1. The van der Waals surface area contributed by atoms with Crippen LogP contribution in [0.15, 0.2) is 156 Å². The Hall–Kier alpha value is -3.45. The zero-order chi connectivity index (χ0) is 27.1. The van der Waals surface area contributed by atoms with Crippen LogP contribution in [-0.4, -0.2) is 12.6 Å². The lowest BCUT2D eigenvalue weighted by atomic mass is 10.1. The minimum Gasteiger partial charge on any atom is -0.308 e. The van der Waals surface area contributed by atoms with Crippen molar-refractivity contribution >= 4 is 89.1 Å². The van der Waals surface area contributed by atoms with E-state index in [0.29, 0.717) is 0 Å². The number of rotatable bonds is 5. The molecule has 1 heterocycles. The van der Waals surface area contributed by atoms with Gasteiger partial charge in [-0.25, -0.2) is 0 Å². The third-order valence-electron chi connectivity index (χ3n) is 7.88. The summed E-state index contributed by atoms with van der Waals surface area (Å²) in [6, 6.07) is 55.9. The molecule has 1 aromatic heterocycles. The number of hydrogen-bond acceptors (Lipinski definition) is 0. The van der Waals surface area contributed by atoms with E-state index in [-0.39, 0.29) is 0 Å². The average Bonchev–Trinajstić information content (AvgIpc) is 3.34. The molecule has 0 aliphatic rings. The van der Waals surface area contributed by atoms with Crippen LogP contribution in [0, 0.1) is 3.57 Å². The topological polar surface area (TPSA) is 4.93 Å². The summed E-state index contributed by atoms with van der Waals surface area (Å²) in [6.07, 6.45) is 0. The van der Waals surface area contributed by atoms with Crippen LogP contribution < -0.4 is 20.7 Å². The molecule has 0 atom stereocenters. The quantitative estimate of drug-likeness (QED) is 0.0992. The molecule has 0 radical (unpaired) electrons. The summed E-state index contributed by atoms with van der Waals surface area (Å²) in [4.78, 5) is 0. The summed E-state index contributed by atoms with van der Waals surface area (Å²) in [5.74, 6) is 0. The van der Waals surface area contributed by atoms with E-state index in [1.807, 2.05) is 0 Å². The van der Waals surface area contributed by atoms with Gasteiger partial charge in [0.2, 0.25) is 0 Å². The predicted molar refractivity (Wildman–Crippen MR) is 185 cm³/mol. The van der Waals surface area contributed by atoms with Crippen molar-refractivity contribution < 1.29 is 0 Å². The number of fused-ring (bicyclic) bond motifs is 3. The zero-order valence-corrected chi connectivity index (χ0v) is 26.4. The molecule has 7 aromatic rings. The van der Waals surface area contributed by atoms with Gasteiger partial charge in [-0.3, -0.25) is 0 Å². The number of hydrogen-bond donors (Lipinski definition) is 0. The van der Waals surface area contributed by atoms with Gasteiger partial charge in [-0.2, -0.15) is 0 Å². The number of halogens is 2. The molecule has 0 amide bonds. The Morgan fingerprint density at radius 2 is 1.00 bits per heavy atom. The first kappa shape index (κ1) is 25.5. The Morgan fingerprint density at radius 3 is 1.60 bits per heavy atom. The monoisotopic (exact) mass is 705 g/mol. The number of nitrogens with zero attached hydrogens (tertiary/aromatic N) is 1. The molecule has 0 saturated heterocycles. The van der Waals surface area contributed by atoms with Crippen molar-refractivity contribution in [2.75, 3.05) is 0 Å². The molecule has 0 fully saturated rings. The summed E-state index contributed by atoms with van der Waals surface area (Å²) in [5, 5.41) is 8.06. The average molecular weight is 706 g/mol. The molecule has 0 N–H and O–H groups in total. The summed E-state index contributed by atoms with van der Waals surface area (Å²) in [7, 11) is -2.64. The smallest absolute Gasteiger partial charge is 0.179 e. The van der Waals surface area contributed by atoms with Crippen molar-refractivity contribution in [2.24, 2.45) is 0 Å². The van der Waals surface area contributed by atoms with Crippen LogP contribution in [0.1, 0.15) is 0 Å². The van der Waals surface area contributed by atoms with Gasteiger partial charge in [-0.15, -0.1) is 0 Å². The number of benzene rings is 6. The summed E-state index contributed by atoms with van der Waals surface area (Å²) in [6.45, 7) is 0. The predicted octanol–water partition coefficient (Wildman–Crippen LogP) is 7.53. The molecular formula is C36H25BrINSi. The normalized spacial score (nSPS) is 11.8. The van der Waals surface area contributed by atoms with E-state index in [1.165, 1.54) is 51.8 Å². The number of para-hydroxylation sites is 1. The fraction of sp³-hybridized carbons (Fsp3) is 0. The van der Waals surface area contributed by atoms with E-state index in [2.05, 4.69) is 195 Å². The molecule has 0 aliphatic carbocycles. The molecule has 0 bridgehead atoms.